The molecule has 0 saturated carbocycles. The second-order valence-electron chi connectivity index (χ2n) is 10.7. The summed E-state index contributed by atoms with van der Waals surface area (Å²) in [5.74, 6) is -2.44. The molecular formula is C35H30N2O10. The van der Waals surface area contributed by atoms with Gasteiger partial charge in [0.25, 0.3) is 5.69 Å². The van der Waals surface area contributed by atoms with Crippen LogP contribution in [0.5, 0.6) is 11.5 Å². The van der Waals surface area contributed by atoms with Crippen molar-refractivity contribution in [1.82, 2.24) is 5.32 Å². The number of ether oxygens (including phenoxy) is 4. The molecule has 240 valence electrons. The molecule has 0 aromatic heterocycles. The van der Waals surface area contributed by atoms with Crippen LogP contribution < -0.4 is 14.8 Å². The van der Waals surface area contributed by atoms with E-state index in [2.05, 4.69) is 5.32 Å². The molecule has 1 N–H and O–H groups in total. The Hall–Kier alpha value is -6.04. The highest BCUT2D eigenvalue weighted by Crippen LogP contribution is 2.38. The summed E-state index contributed by atoms with van der Waals surface area (Å²) < 4.78 is 21.9. The van der Waals surface area contributed by atoms with Crippen LogP contribution >= 0.6 is 0 Å². The molecule has 47 heavy (non-hydrogen) atoms. The van der Waals surface area contributed by atoms with E-state index >= 15 is 0 Å². The van der Waals surface area contributed by atoms with Crippen molar-refractivity contribution in [2.45, 2.75) is 38.0 Å². The summed E-state index contributed by atoms with van der Waals surface area (Å²) in [4.78, 5) is 61.7. The summed E-state index contributed by atoms with van der Waals surface area (Å²) in [5.41, 5.74) is 2.20. The Morgan fingerprint density at radius 2 is 1.49 bits per heavy atom. The summed E-state index contributed by atoms with van der Waals surface area (Å²) in [6, 6.07) is 26.5. The van der Waals surface area contributed by atoms with Gasteiger partial charge in [-0.25, -0.2) is 9.59 Å². The number of esters is 3. The number of hydrogen-bond acceptors (Lipinski definition) is 10. The van der Waals surface area contributed by atoms with Crippen LogP contribution in [0.25, 0.3) is 0 Å². The van der Waals surface area contributed by atoms with E-state index in [4.69, 9.17) is 18.9 Å². The molecule has 1 heterocycles. The van der Waals surface area contributed by atoms with Gasteiger partial charge in [0.15, 0.2) is 0 Å². The minimum Gasteiger partial charge on any atom is -0.492 e. The summed E-state index contributed by atoms with van der Waals surface area (Å²) in [5, 5.41) is 13.5. The lowest BCUT2D eigenvalue weighted by Crippen LogP contribution is -2.44. The minimum absolute atomic E-state index is 0.0147. The maximum atomic E-state index is 13.2. The van der Waals surface area contributed by atoms with Crippen molar-refractivity contribution in [3.8, 4) is 11.5 Å². The van der Waals surface area contributed by atoms with Gasteiger partial charge in [-0.05, 0) is 29.3 Å². The van der Waals surface area contributed by atoms with Crippen molar-refractivity contribution in [3.63, 3.8) is 0 Å². The van der Waals surface area contributed by atoms with Crippen molar-refractivity contribution >= 4 is 29.5 Å². The first-order valence-electron chi connectivity index (χ1n) is 14.7. The molecule has 0 aliphatic carbocycles. The van der Waals surface area contributed by atoms with Gasteiger partial charge in [0.05, 0.1) is 23.5 Å². The number of nitro groups is 1. The molecule has 0 unspecified atom stereocenters. The fraction of sp³-hybridized carbons (Fsp3) is 0.200. The molecule has 12 nitrogen and oxygen atoms in total. The van der Waals surface area contributed by atoms with E-state index in [9.17, 15) is 29.3 Å². The normalized spacial score (nSPS) is 13.7. The van der Waals surface area contributed by atoms with E-state index < -0.39 is 41.2 Å². The molecule has 5 rings (SSSR count). The van der Waals surface area contributed by atoms with Crippen LogP contribution in [0.1, 0.15) is 45.8 Å². The third-order valence-electron chi connectivity index (χ3n) is 7.28. The van der Waals surface area contributed by atoms with Gasteiger partial charge >= 0.3 is 17.9 Å². The van der Waals surface area contributed by atoms with Crippen LogP contribution in [0.15, 0.2) is 103 Å². The van der Waals surface area contributed by atoms with Gasteiger partial charge in [0.1, 0.15) is 30.8 Å². The minimum atomic E-state index is -1.28. The third kappa shape index (κ3) is 9.01. The molecule has 4 aromatic carbocycles. The number of benzene rings is 4. The number of carbonyl (C=O) groups is 4. The molecule has 0 radical (unpaired) electrons. The lowest BCUT2D eigenvalue weighted by molar-refractivity contribution is -0.384. The second kappa shape index (κ2) is 15.3. The van der Waals surface area contributed by atoms with Crippen molar-refractivity contribution in [3.05, 3.63) is 135 Å². The lowest BCUT2D eigenvalue weighted by atomic mass is 9.97. The Morgan fingerprint density at radius 3 is 2.13 bits per heavy atom. The van der Waals surface area contributed by atoms with Gasteiger partial charge in [0.2, 0.25) is 5.91 Å². The molecule has 0 fully saturated rings. The number of amides is 1. The van der Waals surface area contributed by atoms with Crippen molar-refractivity contribution in [2.24, 2.45) is 0 Å². The van der Waals surface area contributed by atoms with E-state index in [-0.39, 0.29) is 49.2 Å². The van der Waals surface area contributed by atoms with Crippen LogP contribution in [0, 0.1) is 10.1 Å². The maximum Gasteiger partial charge on any atom is 0.343 e. The van der Waals surface area contributed by atoms with E-state index in [1.165, 1.54) is 30.3 Å². The van der Waals surface area contributed by atoms with E-state index in [1.54, 1.807) is 48.5 Å². The van der Waals surface area contributed by atoms with E-state index in [0.29, 0.717) is 11.3 Å². The first-order chi connectivity index (χ1) is 22.7. The molecule has 0 saturated heterocycles. The van der Waals surface area contributed by atoms with E-state index in [1.807, 2.05) is 24.3 Å². The summed E-state index contributed by atoms with van der Waals surface area (Å²) in [6.07, 6.45) is -0.482. The molecule has 0 bridgehead atoms. The molecule has 1 aliphatic rings. The average molecular weight is 639 g/mol. The van der Waals surface area contributed by atoms with Gasteiger partial charge in [-0.2, -0.15) is 0 Å². The number of fused-ring (bicyclic) bond motifs is 1. The first kappa shape index (κ1) is 32.4. The zero-order chi connectivity index (χ0) is 33.2. The number of nitrogens with zero attached hydrogens (tertiary/aromatic N) is 1. The van der Waals surface area contributed by atoms with Crippen molar-refractivity contribution in [1.29, 1.82) is 0 Å². The third-order valence-corrected chi connectivity index (χ3v) is 7.28. The number of nitrogens with one attached hydrogen (secondary N) is 1. The fourth-order valence-electron chi connectivity index (χ4n) is 4.84. The Labute approximate surface area is 269 Å². The number of non-ortho nitro benzene ring substituents is 1. The number of nitro benzene ring substituents is 1. The highest BCUT2D eigenvalue weighted by molar-refractivity contribution is 5.91. The van der Waals surface area contributed by atoms with Crippen LogP contribution in [0.3, 0.4) is 0 Å². The van der Waals surface area contributed by atoms with Gasteiger partial charge in [-0.1, -0.05) is 66.7 Å². The highest BCUT2D eigenvalue weighted by atomic mass is 16.6. The van der Waals surface area contributed by atoms with Gasteiger partial charge in [-0.15, -0.1) is 0 Å². The zero-order valence-corrected chi connectivity index (χ0v) is 25.0. The fourth-order valence-corrected chi connectivity index (χ4v) is 4.84. The number of rotatable bonds is 13. The predicted molar refractivity (Wildman–Crippen MR) is 166 cm³/mol. The molecule has 1 amide bonds. The molecule has 1 aliphatic heterocycles. The molecule has 0 spiro atoms. The van der Waals surface area contributed by atoms with Gasteiger partial charge < -0.3 is 24.3 Å². The zero-order valence-electron chi connectivity index (χ0n) is 25.0. The smallest absolute Gasteiger partial charge is 0.343 e. The van der Waals surface area contributed by atoms with Crippen molar-refractivity contribution < 1.29 is 43.0 Å². The van der Waals surface area contributed by atoms with Crippen LogP contribution in [0.4, 0.5) is 5.69 Å². The second-order valence-corrected chi connectivity index (χ2v) is 10.7. The monoisotopic (exact) mass is 638 g/mol. The first-order valence-corrected chi connectivity index (χ1v) is 14.7. The number of hydrogen-bond donors (Lipinski definition) is 1. The Bertz CT molecular complexity index is 1740. The average Bonchev–Trinajstić information content (AvgIpc) is 3.48. The molecule has 4 aromatic rings. The largest absolute Gasteiger partial charge is 0.492 e. The highest BCUT2D eigenvalue weighted by Gasteiger charge is 2.31. The van der Waals surface area contributed by atoms with Crippen LogP contribution in [0.2, 0.25) is 0 Å². The Morgan fingerprint density at radius 1 is 0.851 bits per heavy atom. The molecule has 12 heteroatoms. The van der Waals surface area contributed by atoms with Crippen LogP contribution in [-0.4, -0.2) is 41.4 Å². The summed E-state index contributed by atoms with van der Waals surface area (Å²) in [6.45, 7) is 0.136. The van der Waals surface area contributed by atoms with E-state index in [0.717, 1.165) is 11.1 Å². The van der Waals surface area contributed by atoms with Crippen molar-refractivity contribution in [2.75, 3.05) is 6.61 Å². The van der Waals surface area contributed by atoms with Crippen LogP contribution in [-0.2, 0) is 37.1 Å². The standard InChI is InChI=1S/C35H30N2O10/c38-32(17-26-22-44-31-18-28(15-16-29(26)31)47-34(40)25-11-13-27(14-12-25)37(42)43)36-30(35(41)46-21-24-9-5-2-6-10-24)19-33(39)45-20-23-7-3-1-4-8-23/h1-16,18,26,30H,17,19-22H2,(H,36,38)/t26-,30+/m1/s1. The molecular weight excluding hydrogens is 608 g/mol. The van der Waals surface area contributed by atoms with Gasteiger partial charge in [-0.3, -0.25) is 19.7 Å². The molecule has 2 atom stereocenters. The SMILES string of the molecule is O=C(C[C@@H]1COc2cc(OC(=O)c3ccc([N+](=O)[O-])cc3)ccc21)N[C@@H](CC(=O)OCc1ccccc1)C(=O)OCc1ccccc1. The maximum absolute atomic E-state index is 13.2. The Kier molecular flexibility index (Phi) is 10.5. The number of carbonyl (C=O) groups excluding carboxylic acids is 4. The summed E-state index contributed by atoms with van der Waals surface area (Å²) in [7, 11) is 0. The summed E-state index contributed by atoms with van der Waals surface area (Å²) >= 11 is 0. The topological polar surface area (TPSA) is 160 Å². The van der Waals surface area contributed by atoms with Gasteiger partial charge in [0, 0.05) is 36.1 Å². The predicted octanol–water partition coefficient (Wildman–Crippen LogP) is 5.04. The quantitative estimate of drug-likeness (QED) is 0.0909. The lowest BCUT2D eigenvalue weighted by Gasteiger charge is -2.18. The Balaban J connectivity index is 1.19.